The van der Waals surface area contributed by atoms with Crippen molar-refractivity contribution >= 4 is 23.4 Å². The van der Waals surface area contributed by atoms with Gasteiger partial charge in [0.25, 0.3) is 11.5 Å². The van der Waals surface area contributed by atoms with Gasteiger partial charge in [-0.3, -0.25) is 19.1 Å². The number of H-pyrrole nitrogens is 1. The summed E-state index contributed by atoms with van der Waals surface area (Å²) in [6.07, 6.45) is -0.927. The van der Waals surface area contributed by atoms with Gasteiger partial charge < -0.3 is 15.4 Å². The molecule has 1 aliphatic rings. The van der Waals surface area contributed by atoms with Crippen LogP contribution < -0.4 is 21.9 Å². The van der Waals surface area contributed by atoms with E-state index in [1.807, 2.05) is 30.3 Å². The molecule has 0 bridgehead atoms. The van der Waals surface area contributed by atoms with Crippen LogP contribution in [0.15, 0.2) is 64.2 Å². The summed E-state index contributed by atoms with van der Waals surface area (Å²) in [5.74, 6) is -1.32. The van der Waals surface area contributed by atoms with Gasteiger partial charge in [0.2, 0.25) is 0 Å². The first-order valence-corrected chi connectivity index (χ1v) is 10.2. The molecule has 32 heavy (non-hydrogen) atoms. The number of aromatic amines is 1. The Balaban J connectivity index is 1.71. The molecule has 1 aliphatic heterocycles. The van der Waals surface area contributed by atoms with Crippen molar-refractivity contribution in [2.75, 3.05) is 17.2 Å². The number of fused-ring (bicyclic) bond motifs is 1. The van der Waals surface area contributed by atoms with E-state index >= 15 is 0 Å². The molecular weight excluding hydrogens is 412 g/mol. The smallest absolute Gasteiger partial charge is 0.339 e. The van der Waals surface area contributed by atoms with Gasteiger partial charge >= 0.3 is 11.7 Å². The van der Waals surface area contributed by atoms with Gasteiger partial charge in [-0.05, 0) is 24.1 Å². The van der Waals surface area contributed by atoms with Gasteiger partial charge in [0, 0.05) is 13.0 Å². The molecule has 4 rings (SSSR count). The van der Waals surface area contributed by atoms with Gasteiger partial charge in [-0.1, -0.05) is 48.5 Å². The van der Waals surface area contributed by atoms with Crippen molar-refractivity contribution < 1.29 is 14.3 Å². The van der Waals surface area contributed by atoms with Crippen molar-refractivity contribution in [2.24, 2.45) is 0 Å². The number of nitrogen functional groups attached to an aromatic ring is 1. The Morgan fingerprint density at radius 3 is 2.53 bits per heavy atom. The van der Waals surface area contributed by atoms with Crippen LogP contribution in [-0.2, 0) is 22.5 Å². The number of benzene rings is 2. The number of ether oxygens (including phenoxy) is 1. The number of likely N-dealkylation sites (N-methyl/N-ethyl adjacent to an activating group) is 1. The first-order valence-electron chi connectivity index (χ1n) is 10.2. The topological polar surface area (TPSA) is 127 Å². The molecule has 0 fully saturated rings. The third-order valence-electron chi connectivity index (χ3n) is 5.42. The summed E-state index contributed by atoms with van der Waals surface area (Å²) < 4.78 is 6.56. The molecular formula is C23H22N4O5. The highest BCUT2D eigenvalue weighted by Gasteiger charge is 2.35. The molecule has 2 aromatic carbocycles. The van der Waals surface area contributed by atoms with Crippen LogP contribution in [-0.4, -0.2) is 34.1 Å². The first kappa shape index (κ1) is 21.1. The minimum atomic E-state index is -1.11. The highest BCUT2D eigenvalue weighted by Crippen LogP contribution is 2.24. The van der Waals surface area contributed by atoms with Crippen LogP contribution in [0.2, 0.25) is 0 Å². The molecule has 3 N–H and O–H groups in total. The second-order valence-electron chi connectivity index (χ2n) is 7.40. The number of hydrogen-bond acceptors (Lipinski definition) is 6. The van der Waals surface area contributed by atoms with E-state index in [1.54, 1.807) is 31.2 Å². The largest absolute Gasteiger partial charge is 0.448 e. The third-order valence-corrected chi connectivity index (χ3v) is 5.42. The molecule has 0 saturated carbocycles. The normalized spacial score (nSPS) is 15.0. The number of esters is 1. The SMILES string of the molecule is CCN(C(=O)[C@@H]1Cc2ccccc2C(=O)O1)c1c(N)n(Cc2ccccc2)c(=O)[nH]c1=O. The summed E-state index contributed by atoms with van der Waals surface area (Å²) >= 11 is 0. The van der Waals surface area contributed by atoms with Crippen LogP contribution in [0.3, 0.4) is 0 Å². The zero-order chi connectivity index (χ0) is 22.8. The Hall–Kier alpha value is -4.14. The van der Waals surface area contributed by atoms with Crippen molar-refractivity contribution in [3.8, 4) is 0 Å². The maximum atomic E-state index is 13.3. The number of nitrogens with one attached hydrogen (secondary N) is 1. The standard InChI is InChI=1S/C23H22N4O5/c1-2-26(21(29)17-12-15-10-6-7-11-16(15)22(30)32-17)18-19(24)27(23(31)25-20(18)28)13-14-8-4-3-5-9-14/h3-11,17H,2,12-13,24H2,1H3,(H,25,28,31)/t17-/m0/s1. The van der Waals surface area contributed by atoms with Gasteiger partial charge in [-0.25, -0.2) is 9.59 Å². The molecule has 3 aromatic rings. The van der Waals surface area contributed by atoms with E-state index in [4.69, 9.17) is 10.5 Å². The van der Waals surface area contributed by atoms with Crippen molar-refractivity contribution in [1.29, 1.82) is 0 Å². The minimum Gasteiger partial charge on any atom is -0.448 e. The minimum absolute atomic E-state index is 0.0886. The molecule has 164 valence electrons. The van der Waals surface area contributed by atoms with Gasteiger partial charge in [-0.2, -0.15) is 0 Å². The zero-order valence-corrected chi connectivity index (χ0v) is 17.4. The Labute approximate surface area is 183 Å². The number of hydrogen-bond donors (Lipinski definition) is 2. The highest BCUT2D eigenvalue weighted by atomic mass is 16.5. The number of nitrogens with zero attached hydrogens (tertiary/aromatic N) is 2. The first-order chi connectivity index (χ1) is 15.4. The fourth-order valence-corrected chi connectivity index (χ4v) is 3.83. The number of rotatable bonds is 5. The quantitative estimate of drug-likeness (QED) is 0.583. The van der Waals surface area contributed by atoms with Gasteiger partial charge in [-0.15, -0.1) is 0 Å². The van der Waals surface area contributed by atoms with Crippen LogP contribution in [0.4, 0.5) is 11.5 Å². The molecule has 9 nitrogen and oxygen atoms in total. The summed E-state index contributed by atoms with van der Waals surface area (Å²) in [5, 5.41) is 0. The van der Waals surface area contributed by atoms with Crippen LogP contribution in [0.1, 0.15) is 28.4 Å². The Morgan fingerprint density at radius 2 is 1.81 bits per heavy atom. The number of nitrogens with two attached hydrogens (primary N) is 1. The number of carbonyl (C=O) groups is 2. The third kappa shape index (κ3) is 3.80. The number of carbonyl (C=O) groups excluding carboxylic acids is 2. The number of amides is 1. The molecule has 0 radical (unpaired) electrons. The lowest BCUT2D eigenvalue weighted by Crippen LogP contribution is -2.48. The fraction of sp³-hybridized carbons (Fsp3) is 0.217. The summed E-state index contributed by atoms with van der Waals surface area (Å²) in [6, 6.07) is 16.0. The maximum absolute atomic E-state index is 13.3. The second-order valence-corrected chi connectivity index (χ2v) is 7.40. The second kappa shape index (κ2) is 8.54. The van der Waals surface area contributed by atoms with Gasteiger partial charge in [0.1, 0.15) is 5.82 Å². The molecule has 9 heteroatoms. The van der Waals surface area contributed by atoms with Crippen LogP contribution in [0.5, 0.6) is 0 Å². The van der Waals surface area contributed by atoms with Crippen LogP contribution in [0, 0.1) is 0 Å². The highest BCUT2D eigenvalue weighted by molar-refractivity contribution is 6.02. The van der Waals surface area contributed by atoms with Crippen molar-refractivity contribution in [2.45, 2.75) is 26.0 Å². The average Bonchev–Trinajstić information content (AvgIpc) is 2.79. The van der Waals surface area contributed by atoms with E-state index in [-0.39, 0.29) is 31.0 Å². The predicted octanol–water partition coefficient (Wildman–Crippen LogP) is 1.30. The van der Waals surface area contributed by atoms with Gasteiger partial charge in [0.05, 0.1) is 12.1 Å². The summed E-state index contributed by atoms with van der Waals surface area (Å²) in [7, 11) is 0. The number of anilines is 2. The monoisotopic (exact) mass is 434 g/mol. The maximum Gasteiger partial charge on any atom is 0.339 e. The Morgan fingerprint density at radius 1 is 1.12 bits per heavy atom. The molecule has 1 atom stereocenters. The molecule has 1 aromatic heterocycles. The lowest BCUT2D eigenvalue weighted by atomic mass is 9.98. The fourth-order valence-electron chi connectivity index (χ4n) is 3.83. The summed E-state index contributed by atoms with van der Waals surface area (Å²) in [4.78, 5) is 54.1. The van der Waals surface area contributed by atoms with Crippen molar-refractivity contribution in [1.82, 2.24) is 9.55 Å². The molecule has 0 unspecified atom stereocenters. The Kier molecular flexibility index (Phi) is 5.63. The van der Waals surface area contributed by atoms with Crippen molar-refractivity contribution in [3.63, 3.8) is 0 Å². The molecule has 0 spiro atoms. The van der Waals surface area contributed by atoms with E-state index in [9.17, 15) is 19.2 Å². The molecule has 0 saturated heterocycles. The summed E-state index contributed by atoms with van der Waals surface area (Å²) in [5.41, 5.74) is 6.51. The number of cyclic esters (lactones) is 1. The summed E-state index contributed by atoms with van der Waals surface area (Å²) in [6.45, 7) is 1.88. The van der Waals surface area contributed by atoms with E-state index in [1.165, 1.54) is 4.57 Å². The lowest BCUT2D eigenvalue weighted by Gasteiger charge is -2.29. The van der Waals surface area contributed by atoms with Crippen LogP contribution in [0.25, 0.3) is 0 Å². The lowest BCUT2D eigenvalue weighted by molar-refractivity contribution is -0.127. The zero-order valence-electron chi connectivity index (χ0n) is 17.4. The van der Waals surface area contributed by atoms with Gasteiger partial charge in [0.15, 0.2) is 11.8 Å². The Bertz CT molecular complexity index is 1300. The molecule has 1 amide bonds. The molecule has 2 heterocycles. The van der Waals surface area contributed by atoms with E-state index in [2.05, 4.69) is 4.98 Å². The van der Waals surface area contributed by atoms with Crippen molar-refractivity contribution in [3.05, 3.63) is 92.1 Å². The predicted molar refractivity (Wildman–Crippen MR) is 119 cm³/mol. The number of aromatic nitrogens is 2. The molecule has 0 aliphatic carbocycles. The average molecular weight is 434 g/mol. The van der Waals surface area contributed by atoms with E-state index in [0.717, 1.165) is 10.5 Å². The van der Waals surface area contributed by atoms with E-state index in [0.29, 0.717) is 11.1 Å². The van der Waals surface area contributed by atoms with Crippen LogP contribution >= 0.6 is 0 Å². The van der Waals surface area contributed by atoms with E-state index < -0.39 is 29.2 Å².